The van der Waals surface area contributed by atoms with E-state index in [4.69, 9.17) is 0 Å². The molecule has 6 nitrogen and oxygen atoms in total. The van der Waals surface area contributed by atoms with Crippen LogP contribution in [0.4, 0.5) is 0 Å². The summed E-state index contributed by atoms with van der Waals surface area (Å²) < 4.78 is 6.29. The topological polar surface area (TPSA) is 73.2 Å². The van der Waals surface area contributed by atoms with E-state index < -0.39 is 5.97 Å². The Kier molecular flexibility index (Phi) is 6.14. The molecule has 0 aliphatic carbocycles. The third kappa shape index (κ3) is 4.73. The molecule has 0 aliphatic heterocycles. The van der Waals surface area contributed by atoms with Gasteiger partial charge in [0.1, 0.15) is 0 Å². The van der Waals surface area contributed by atoms with E-state index in [2.05, 4.69) is 15.2 Å². The first-order valence-corrected chi connectivity index (χ1v) is 6.88. The van der Waals surface area contributed by atoms with E-state index in [1.54, 1.807) is 6.08 Å². The molecule has 1 aromatic heterocycles. The van der Waals surface area contributed by atoms with Crippen LogP contribution in [0.5, 0.6) is 0 Å². The summed E-state index contributed by atoms with van der Waals surface area (Å²) in [6.45, 7) is 6.14. The average molecular weight is 293 g/mol. The van der Waals surface area contributed by atoms with E-state index in [0.717, 1.165) is 17.0 Å². The Hall–Kier alpha value is -2.11. The SMILES string of the molecule is COC(=O)/C=C/CNC(=O)C(C)Cc1c(C)nn(C)c1C. The molecule has 1 aromatic rings. The van der Waals surface area contributed by atoms with Crippen LogP contribution in [0.2, 0.25) is 0 Å². The second-order valence-electron chi connectivity index (χ2n) is 5.05. The van der Waals surface area contributed by atoms with Crippen molar-refractivity contribution in [2.24, 2.45) is 13.0 Å². The minimum atomic E-state index is -0.432. The first-order chi connectivity index (χ1) is 9.86. The molecule has 21 heavy (non-hydrogen) atoms. The number of carbonyl (C=O) groups excluding carboxylic acids is 2. The zero-order valence-electron chi connectivity index (χ0n) is 13.3. The van der Waals surface area contributed by atoms with Gasteiger partial charge < -0.3 is 10.1 Å². The van der Waals surface area contributed by atoms with Gasteiger partial charge in [-0.05, 0) is 25.8 Å². The number of nitrogens with one attached hydrogen (secondary N) is 1. The minimum absolute atomic E-state index is 0.0489. The van der Waals surface area contributed by atoms with Crippen molar-refractivity contribution >= 4 is 11.9 Å². The van der Waals surface area contributed by atoms with Gasteiger partial charge in [-0.2, -0.15) is 5.10 Å². The predicted octanol–water partition coefficient (Wildman–Crippen LogP) is 1.06. The largest absolute Gasteiger partial charge is 0.466 e. The zero-order chi connectivity index (χ0) is 16.0. The van der Waals surface area contributed by atoms with Crippen LogP contribution in [-0.2, 0) is 27.8 Å². The summed E-state index contributed by atoms with van der Waals surface area (Å²) in [5.41, 5.74) is 3.16. The second kappa shape index (κ2) is 7.61. The Bertz CT molecular complexity index is 547. The lowest BCUT2D eigenvalue weighted by Crippen LogP contribution is -2.30. The fourth-order valence-electron chi connectivity index (χ4n) is 2.07. The summed E-state index contributed by atoms with van der Waals surface area (Å²) in [7, 11) is 3.21. The van der Waals surface area contributed by atoms with Crippen molar-refractivity contribution in [3.8, 4) is 0 Å². The lowest BCUT2D eigenvalue weighted by atomic mass is 9.99. The lowest BCUT2D eigenvalue weighted by Gasteiger charge is -2.11. The smallest absolute Gasteiger partial charge is 0.330 e. The van der Waals surface area contributed by atoms with Gasteiger partial charge >= 0.3 is 5.97 Å². The average Bonchev–Trinajstić information content (AvgIpc) is 2.69. The first kappa shape index (κ1) is 16.9. The van der Waals surface area contributed by atoms with Crippen LogP contribution in [0.25, 0.3) is 0 Å². The molecule has 0 spiro atoms. The van der Waals surface area contributed by atoms with Crippen molar-refractivity contribution in [3.63, 3.8) is 0 Å². The van der Waals surface area contributed by atoms with Crippen molar-refractivity contribution in [1.82, 2.24) is 15.1 Å². The number of esters is 1. The van der Waals surface area contributed by atoms with Gasteiger partial charge in [0.2, 0.25) is 5.91 Å². The van der Waals surface area contributed by atoms with Gasteiger partial charge in [-0.15, -0.1) is 0 Å². The monoisotopic (exact) mass is 293 g/mol. The molecule has 0 aliphatic rings. The number of nitrogens with zero attached hydrogens (tertiary/aromatic N) is 2. The summed E-state index contributed by atoms with van der Waals surface area (Å²) in [5, 5.41) is 7.12. The maximum Gasteiger partial charge on any atom is 0.330 e. The second-order valence-corrected chi connectivity index (χ2v) is 5.05. The Morgan fingerprint density at radius 3 is 2.62 bits per heavy atom. The highest BCUT2D eigenvalue weighted by molar-refractivity contribution is 5.82. The van der Waals surface area contributed by atoms with Crippen LogP contribution < -0.4 is 5.32 Å². The molecule has 0 bridgehead atoms. The van der Waals surface area contributed by atoms with Crippen molar-refractivity contribution in [3.05, 3.63) is 29.1 Å². The molecule has 0 saturated carbocycles. The molecule has 116 valence electrons. The van der Waals surface area contributed by atoms with Gasteiger partial charge in [-0.1, -0.05) is 13.0 Å². The Balaban J connectivity index is 2.51. The van der Waals surface area contributed by atoms with E-state index in [1.807, 2.05) is 32.5 Å². The van der Waals surface area contributed by atoms with Crippen LogP contribution >= 0.6 is 0 Å². The summed E-state index contributed by atoms with van der Waals surface area (Å²) in [6, 6.07) is 0. The van der Waals surface area contributed by atoms with Gasteiger partial charge in [0.15, 0.2) is 0 Å². The van der Waals surface area contributed by atoms with Crippen molar-refractivity contribution < 1.29 is 14.3 Å². The van der Waals surface area contributed by atoms with Crippen molar-refractivity contribution in [1.29, 1.82) is 0 Å². The maximum absolute atomic E-state index is 12.0. The van der Waals surface area contributed by atoms with Crippen molar-refractivity contribution in [2.45, 2.75) is 27.2 Å². The lowest BCUT2D eigenvalue weighted by molar-refractivity contribution is -0.134. The van der Waals surface area contributed by atoms with Gasteiger partial charge in [-0.3, -0.25) is 9.48 Å². The summed E-state index contributed by atoms with van der Waals surface area (Å²) >= 11 is 0. The summed E-state index contributed by atoms with van der Waals surface area (Å²) in [4.78, 5) is 22.9. The number of hydrogen-bond donors (Lipinski definition) is 1. The predicted molar refractivity (Wildman–Crippen MR) is 79.7 cm³/mol. The molecule has 1 atom stereocenters. The van der Waals surface area contributed by atoms with Crippen molar-refractivity contribution in [2.75, 3.05) is 13.7 Å². The quantitative estimate of drug-likeness (QED) is 0.629. The number of carbonyl (C=O) groups is 2. The Morgan fingerprint density at radius 1 is 1.43 bits per heavy atom. The molecular formula is C15H23N3O3. The van der Waals surface area contributed by atoms with Crippen LogP contribution in [-0.4, -0.2) is 35.3 Å². The zero-order valence-corrected chi connectivity index (χ0v) is 13.3. The molecule has 1 amide bonds. The number of amides is 1. The maximum atomic E-state index is 12.0. The van der Waals surface area contributed by atoms with E-state index >= 15 is 0 Å². The number of hydrogen-bond acceptors (Lipinski definition) is 4. The molecule has 0 saturated heterocycles. The molecule has 0 radical (unpaired) electrons. The molecule has 6 heteroatoms. The van der Waals surface area contributed by atoms with Gasteiger partial charge in [0.25, 0.3) is 0 Å². The number of ether oxygens (including phenoxy) is 1. The summed E-state index contributed by atoms with van der Waals surface area (Å²) in [5.74, 6) is -0.635. The third-order valence-electron chi connectivity index (χ3n) is 3.47. The van der Waals surface area contributed by atoms with E-state index in [-0.39, 0.29) is 11.8 Å². The molecule has 1 rings (SSSR count). The standard InChI is InChI=1S/C15H23N3O3/c1-10(9-13-11(2)17-18(4)12(13)3)15(20)16-8-6-7-14(19)21-5/h6-7,10H,8-9H2,1-5H3,(H,16,20)/b7-6+. The molecule has 1 heterocycles. The van der Waals surface area contributed by atoms with E-state index in [9.17, 15) is 9.59 Å². The molecule has 0 aromatic carbocycles. The minimum Gasteiger partial charge on any atom is -0.466 e. The number of aryl methyl sites for hydroxylation is 2. The third-order valence-corrected chi connectivity index (χ3v) is 3.47. The Morgan fingerprint density at radius 2 is 2.10 bits per heavy atom. The van der Waals surface area contributed by atoms with Gasteiger partial charge in [0.05, 0.1) is 12.8 Å². The van der Waals surface area contributed by atoms with Crippen LogP contribution in [0.1, 0.15) is 23.9 Å². The highest BCUT2D eigenvalue weighted by atomic mass is 16.5. The summed E-state index contributed by atoms with van der Waals surface area (Å²) in [6.07, 6.45) is 3.51. The highest BCUT2D eigenvalue weighted by Gasteiger charge is 2.17. The molecular weight excluding hydrogens is 270 g/mol. The first-order valence-electron chi connectivity index (χ1n) is 6.88. The molecule has 1 N–H and O–H groups in total. The normalized spacial score (nSPS) is 12.4. The van der Waals surface area contributed by atoms with Gasteiger partial charge in [0, 0.05) is 31.3 Å². The van der Waals surface area contributed by atoms with E-state index in [0.29, 0.717) is 13.0 Å². The van der Waals surface area contributed by atoms with Crippen LogP contribution in [0.3, 0.4) is 0 Å². The molecule has 0 fully saturated rings. The number of aromatic nitrogens is 2. The fraction of sp³-hybridized carbons (Fsp3) is 0.533. The number of rotatable bonds is 6. The van der Waals surface area contributed by atoms with Gasteiger partial charge in [-0.25, -0.2) is 4.79 Å². The fourth-order valence-corrected chi connectivity index (χ4v) is 2.07. The molecule has 1 unspecified atom stereocenters. The number of methoxy groups -OCH3 is 1. The highest BCUT2D eigenvalue weighted by Crippen LogP contribution is 2.16. The van der Waals surface area contributed by atoms with Crippen LogP contribution in [0, 0.1) is 19.8 Å². The van der Waals surface area contributed by atoms with Crippen LogP contribution in [0.15, 0.2) is 12.2 Å². The van der Waals surface area contributed by atoms with E-state index in [1.165, 1.54) is 13.2 Å². The Labute approximate surface area is 125 Å².